The lowest BCUT2D eigenvalue weighted by molar-refractivity contribution is 0.0200. The molecule has 3 nitrogen and oxygen atoms in total. The van der Waals surface area contributed by atoms with Crippen LogP contribution < -0.4 is 0 Å². The molecule has 138 valence electrons. The highest BCUT2D eigenvalue weighted by Gasteiger charge is 2.34. The first-order valence-corrected chi connectivity index (χ1v) is 9.28. The van der Waals surface area contributed by atoms with Crippen LogP contribution in [0.3, 0.4) is 0 Å². The monoisotopic (exact) mass is 336 g/mol. The average molecular weight is 337 g/mol. The summed E-state index contributed by atoms with van der Waals surface area (Å²) < 4.78 is 5.46. The third-order valence-electron chi connectivity index (χ3n) is 4.87. The van der Waals surface area contributed by atoms with Gasteiger partial charge in [0.2, 0.25) is 0 Å². The number of hydrogen-bond donors (Lipinski definition) is 2. The molecule has 24 heavy (non-hydrogen) atoms. The fourth-order valence-electron chi connectivity index (χ4n) is 3.51. The van der Waals surface area contributed by atoms with Gasteiger partial charge < -0.3 is 14.9 Å². The minimum Gasteiger partial charge on any atom is -0.396 e. The zero-order valence-corrected chi connectivity index (χ0v) is 16.1. The second kappa shape index (κ2) is 10.9. The van der Waals surface area contributed by atoms with E-state index in [2.05, 4.69) is 32.9 Å². The van der Waals surface area contributed by atoms with E-state index in [1.54, 1.807) is 7.11 Å². The van der Waals surface area contributed by atoms with E-state index in [0.29, 0.717) is 12.5 Å². The van der Waals surface area contributed by atoms with Crippen LogP contribution in [0.1, 0.15) is 66.2 Å². The molecule has 0 heterocycles. The van der Waals surface area contributed by atoms with Crippen LogP contribution in [0.2, 0.25) is 0 Å². The van der Waals surface area contributed by atoms with Gasteiger partial charge in [0.15, 0.2) is 0 Å². The van der Waals surface area contributed by atoms with E-state index in [9.17, 15) is 5.11 Å². The van der Waals surface area contributed by atoms with Gasteiger partial charge in [0.25, 0.3) is 0 Å². The molecule has 2 aliphatic carbocycles. The molecule has 0 aliphatic heterocycles. The van der Waals surface area contributed by atoms with Crippen molar-refractivity contribution < 1.29 is 14.9 Å². The molecule has 0 aromatic rings. The van der Waals surface area contributed by atoms with Crippen molar-refractivity contribution in [1.82, 2.24) is 0 Å². The van der Waals surface area contributed by atoms with Gasteiger partial charge in [-0.05, 0) is 81.9 Å². The number of unbranched alkanes of at least 4 members (excludes halogenated alkanes) is 2. The first-order valence-electron chi connectivity index (χ1n) is 9.28. The van der Waals surface area contributed by atoms with E-state index in [-0.39, 0.29) is 6.10 Å². The number of rotatable bonds is 5. The van der Waals surface area contributed by atoms with Gasteiger partial charge >= 0.3 is 0 Å². The minimum absolute atomic E-state index is 0.111. The van der Waals surface area contributed by atoms with Crippen LogP contribution in [0.4, 0.5) is 0 Å². The fraction of sp³-hybridized carbons (Fsp3) is 0.714. The number of aliphatic hydroxyl groups is 2. The van der Waals surface area contributed by atoms with Crippen LogP contribution in [0, 0.1) is 5.92 Å². The van der Waals surface area contributed by atoms with Crippen molar-refractivity contribution in [3.63, 3.8) is 0 Å². The fourth-order valence-corrected chi connectivity index (χ4v) is 3.51. The van der Waals surface area contributed by atoms with Crippen molar-refractivity contribution in [1.29, 1.82) is 0 Å². The number of ether oxygens (including phenoxy) is 1. The average Bonchev–Trinajstić information content (AvgIpc) is 2.54. The summed E-state index contributed by atoms with van der Waals surface area (Å²) in [6, 6.07) is 0. The first kappa shape index (κ1) is 21.1. The summed E-state index contributed by atoms with van der Waals surface area (Å²) in [4.78, 5) is 0. The van der Waals surface area contributed by atoms with E-state index in [1.165, 1.54) is 29.6 Å². The summed E-state index contributed by atoms with van der Waals surface area (Å²) in [5.41, 5.74) is 5.15. The Balaban J connectivity index is 0.000000277. The maximum Gasteiger partial charge on any atom is 0.109 e. The Morgan fingerprint density at radius 3 is 2.62 bits per heavy atom. The van der Waals surface area contributed by atoms with Crippen molar-refractivity contribution in [3.8, 4) is 0 Å². The topological polar surface area (TPSA) is 49.7 Å². The van der Waals surface area contributed by atoms with Crippen LogP contribution in [0.15, 0.2) is 34.4 Å². The van der Waals surface area contributed by atoms with Crippen molar-refractivity contribution in [3.05, 3.63) is 34.4 Å². The van der Waals surface area contributed by atoms with Crippen molar-refractivity contribution in [2.75, 3.05) is 13.7 Å². The minimum atomic E-state index is -0.450. The van der Waals surface area contributed by atoms with Gasteiger partial charge in [0.05, 0.1) is 0 Å². The Labute approximate surface area is 148 Å². The summed E-state index contributed by atoms with van der Waals surface area (Å²) in [5.74, 6) is 0.553. The Bertz CT molecular complexity index is 469. The zero-order chi connectivity index (χ0) is 18.1. The molecule has 0 amide bonds. The number of methoxy groups -OCH3 is 1. The van der Waals surface area contributed by atoms with Crippen molar-refractivity contribution >= 4 is 0 Å². The molecule has 0 bridgehead atoms. The molecule has 0 saturated carbocycles. The van der Waals surface area contributed by atoms with Gasteiger partial charge in [0.1, 0.15) is 12.2 Å². The SMILES string of the molecule is CC(C)=CCCCCO.COC1C2=C(C=C(C)C1O)CCCC2C. The van der Waals surface area contributed by atoms with Crippen LogP contribution in [0.5, 0.6) is 0 Å². The Morgan fingerprint density at radius 2 is 2.04 bits per heavy atom. The third-order valence-corrected chi connectivity index (χ3v) is 4.87. The molecule has 0 spiro atoms. The molecule has 0 radical (unpaired) electrons. The largest absolute Gasteiger partial charge is 0.396 e. The molecule has 2 N–H and O–H groups in total. The van der Waals surface area contributed by atoms with Crippen molar-refractivity contribution in [2.45, 2.75) is 78.4 Å². The van der Waals surface area contributed by atoms with E-state index >= 15 is 0 Å². The molecule has 0 saturated heterocycles. The zero-order valence-electron chi connectivity index (χ0n) is 16.1. The normalized spacial score (nSPS) is 26.1. The highest BCUT2D eigenvalue weighted by Crippen LogP contribution is 2.39. The molecule has 3 atom stereocenters. The summed E-state index contributed by atoms with van der Waals surface area (Å²) in [5, 5.41) is 18.5. The maximum absolute atomic E-state index is 10.1. The van der Waals surface area contributed by atoms with Gasteiger partial charge in [-0.3, -0.25) is 0 Å². The predicted octanol–water partition coefficient (Wildman–Crippen LogP) is 4.55. The molecule has 3 unspecified atom stereocenters. The first-order chi connectivity index (χ1) is 11.4. The summed E-state index contributed by atoms with van der Waals surface area (Å²) in [7, 11) is 1.69. The number of hydrogen-bond acceptors (Lipinski definition) is 3. The van der Waals surface area contributed by atoms with E-state index in [0.717, 1.165) is 31.3 Å². The molecular weight excluding hydrogens is 300 g/mol. The van der Waals surface area contributed by atoms with Crippen LogP contribution in [-0.2, 0) is 4.74 Å². The van der Waals surface area contributed by atoms with E-state index in [4.69, 9.17) is 9.84 Å². The standard InChI is InChI=1S/C13H20O2.C8H16O/c1-8-5-4-6-10-7-9(2)12(14)13(15-3)11(8)10;1-8(2)6-4-3-5-7-9/h7-8,12-14H,4-6H2,1-3H3;6,9H,3-5,7H2,1-2H3. The number of aliphatic hydroxyl groups excluding tert-OH is 2. The molecular formula is C21H36O3. The molecule has 2 aliphatic rings. The Kier molecular flexibility index (Phi) is 9.57. The molecule has 0 aromatic carbocycles. The quantitative estimate of drug-likeness (QED) is 0.572. The van der Waals surface area contributed by atoms with E-state index in [1.807, 2.05) is 6.92 Å². The highest BCUT2D eigenvalue weighted by atomic mass is 16.5. The second-order valence-corrected chi connectivity index (χ2v) is 7.26. The summed E-state index contributed by atoms with van der Waals surface area (Å²) in [6.07, 6.45) is 10.6. The number of allylic oxidation sites excluding steroid dienone is 4. The van der Waals surface area contributed by atoms with Crippen LogP contribution in [-0.4, -0.2) is 36.1 Å². The van der Waals surface area contributed by atoms with Gasteiger partial charge in [0, 0.05) is 13.7 Å². The molecule has 0 aromatic heterocycles. The second-order valence-electron chi connectivity index (χ2n) is 7.26. The summed E-state index contributed by atoms with van der Waals surface area (Å²) >= 11 is 0. The maximum atomic E-state index is 10.1. The van der Waals surface area contributed by atoms with Crippen LogP contribution in [0.25, 0.3) is 0 Å². The van der Waals surface area contributed by atoms with Gasteiger partial charge in [-0.2, -0.15) is 0 Å². The Morgan fingerprint density at radius 1 is 1.33 bits per heavy atom. The van der Waals surface area contributed by atoms with Crippen LogP contribution >= 0.6 is 0 Å². The predicted molar refractivity (Wildman–Crippen MR) is 101 cm³/mol. The lowest BCUT2D eigenvalue weighted by Gasteiger charge is -2.36. The lowest BCUT2D eigenvalue weighted by Crippen LogP contribution is -2.37. The van der Waals surface area contributed by atoms with Crippen molar-refractivity contribution in [2.24, 2.45) is 5.92 Å². The third kappa shape index (κ3) is 6.19. The Hall–Kier alpha value is -0.900. The molecule has 0 fully saturated rings. The van der Waals surface area contributed by atoms with Gasteiger partial charge in [-0.25, -0.2) is 0 Å². The lowest BCUT2D eigenvalue weighted by atomic mass is 9.75. The van der Waals surface area contributed by atoms with E-state index < -0.39 is 6.10 Å². The molecule has 3 heteroatoms. The summed E-state index contributed by atoms with van der Waals surface area (Å²) in [6.45, 7) is 8.75. The van der Waals surface area contributed by atoms with Gasteiger partial charge in [-0.1, -0.05) is 24.6 Å². The van der Waals surface area contributed by atoms with Gasteiger partial charge in [-0.15, -0.1) is 0 Å². The molecule has 2 rings (SSSR count). The smallest absolute Gasteiger partial charge is 0.109 e. The highest BCUT2D eigenvalue weighted by molar-refractivity contribution is 5.41.